The van der Waals surface area contributed by atoms with Crippen molar-refractivity contribution in [2.75, 3.05) is 0 Å². The average molecular weight is 307 g/mol. The fourth-order valence-corrected chi connectivity index (χ4v) is 2.29. The van der Waals surface area contributed by atoms with Gasteiger partial charge in [0, 0.05) is 5.38 Å². The van der Waals surface area contributed by atoms with Gasteiger partial charge in [0.25, 0.3) is 0 Å². The molecule has 0 aliphatic rings. The Kier molecular flexibility index (Phi) is 4.32. The Labute approximate surface area is 108 Å². The van der Waals surface area contributed by atoms with Crippen LogP contribution < -0.4 is 5.32 Å². The molecule has 90 valence electrons. The van der Waals surface area contributed by atoms with Crippen LogP contribution in [0, 0.1) is 0 Å². The van der Waals surface area contributed by atoms with Crippen LogP contribution in [0.15, 0.2) is 9.98 Å². The van der Waals surface area contributed by atoms with E-state index in [9.17, 15) is 4.79 Å². The van der Waals surface area contributed by atoms with Crippen molar-refractivity contribution in [1.82, 2.24) is 10.3 Å². The highest BCUT2D eigenvalue weighted by Crippen LogP contribution is 2.21. The van der Waals surface area contributed by atoms with Crippen LogP contribution >= 0.6 is 27.3 Å². The zero-order valence-corrected chi connectivity index (χ0v) is 12.1. The lowest BCUT2D eigenvalue weighted by atomic mass is 10.2. The zero-order chi connectivity index (χ0) is 12.3. The first-order valence-electron chi connectivity index (χ1n) is 4.88. The topological polar surface area (TPSA) is 51.2 Å². The minimum atomic E-state index is -0.479. The van der Waals surface area contributed by atoms with Crippen LogP contribution in [0.5, 0.6) is 0 Å². The standard InChI is InChI=1S/C10H15BrN2O2S/c1-6(8-13-7(11)5-16-8)12-9(14)15-10(2,3)4/h5-6H,1-4H3,(H,12,14). The van der Waals surface area contributed by atoms with E-state index in [1.165, 1.54) is 11.3 Å². The molecule has 1 unspecified atom stereocenters. The van der Waals surface area contributed by atoms with Crippen LogP contribution in [0.4, 0.5) is 4.79 Å². The Hall–Kier alpha value is -0.620. The third-order valence-electron chi connectivity index (χ3n) is 1.60. The molecule has 0 radical (unpaired) electrons. The number of amides is 1. The molecular formula is C10H15BrN2O2S. The molecule has 1 aromatic rings. The SMILES string of the molecule is CC(NC(=O)OC(C)(C)C)c1nc(Br)cs1. The number of hydrogen-bond donors (Lipinski definition) is 1. The van der Waals surface area contributed by atoms with Crippen LogP contribution in [-0.2, 0) is 4.74 Å². The number of alkyl carbamates (subject to hydrolysis) is 1. The molecule has 1 N–H and O–H groups in total. The molecule has 0 aliphatic heterocycles. The number of rotatable bonds is 2. The van der Waals surface area contributed by atoms with Crippen molar-refractivity contribution in [2.24, 2.45) is 0 Å². The Bertz CT molecular complexity index is 373. The molecule has 1 aromatic heterocycles. The molecule has 0 aromatic carbocycles. The summed E-state index contributed by atoms with van der Waals surface area (Å²) in [6.07, 6.45) is -0.425. The largest absolute Gasteiger partial charge is 0.444 e. The summed E-state index contributed by atoms with van der Waals surface area (Å²) in [5, 5.41) is 5.45. The third-order valence-corrected chi connectivity index (χ3v) is 3.33. The van der Waals surface area contributed by atoms with Crippen LogP contribution in [0.1, 0.15) is 38.7 Å². The number of carbonyl (C=O) groups is 1. The van der Waals surface area contributed by atoms with Crippen molar-refractivity contribution in [3.8, 4) is 0 Å². The Morgan fingerprint density at radius 1 is 1.62 bits per heavy atom. The molecule has 0 fully saturated rings. The molecule has 6 heteroatoms. The second kappa shape index (κ2) is 5.14. The van der Waals surface area contributed by atoms with E-state index in [0.717, 1.165) is 9.61 Å². The smallest absolute Gasteiger partial charge is 0.408 e. The number of nitrogens with zero attached hydrogens (tertiary/aromatic N) is 1. The summed E-state index contributed by atoms with van der Waals surface area (Å²) < 4.78 is 5.93. The van der Waals surface area contributed by atoms with Gasteiger partial charge in [-0.05, 0) is 43.6 Å². The van der Waals surface area contributed by atoms with Crippen LogP contribution in [0.25, 0.3) is 0 Å². The van der Waals surface area contributed by atoms with Crippen LogP contribution in [0.2, 0.25) is 0 Å². The lowest BCUT2D eigenvalue weighted by molar-refractivity contribution is 0.0508. The molecule has 0 bridgehead atoms. The number of thiazole rings is 1. The predicted molar refractivity (Wildman–Crippen MR) is 67.6 cm³/mol. The number of carbonyl (C=O) groups excluding carboxylic acids is 1. The maximum atomic E-state index is 11.5. The van der Waals surface area contributed by atoms with Gasteiger partial charge in [0.2, 0.25) is 0 Å². The van der Waals surface area contributed by atoms with Gasteiger partial charge in [0.15, 0.2) is 0 Å². The Morgan fingerprint density at radius 3 is 2.69 bits per heavy atom. The van der Waals surface area contributed by atoms with Crippen molar-refractivity contribution in [3.05, 3.63) is 15.0 Å². The van der Waals surface area contributed by atoms with Gasteiger partial charge in [-0.1, -0.05) is 0 Å². The number of aromatic nitrogens is 1. The van der Waals surface area contributed by atoms with Gasteiger partial charge in [0.05, 0.1) is 6.04 Å². The molecule has 1 rings (SSSR count). The quantitative estimate of drug-likeness (QED) is 0.910. The van der Waals surface area contributed by atoms with E-state index < -0.39 is 11.7 Å². The molecular weight excluding hydrogens is 292 g/mol. The minimum Gasteiger partial charge on any atom is -0.444 e. The molecule has 16 heavy (non-hydrogen) atoms. The van der Waals surface area contributed by atoms with Gasteiger partial charge in [-0.3, -0.25) is 0 Å². The summed E-state index contributed by atoms with van der Waals surface area (Å²) in [6.45, 7) is 7.36. The summed E-state index contributed by atoms with van der Waals surface area (Å²) >= 11 is 4.76. The molecule has 1 amide bonds. The van der Waals surface area contributed by atoms with Crippen molar-refractivity contribution >= 4 is 33.4 Å². The molecule has 0 aliphatic carbocycles. The molecule has 4 nitrogen and oxygen atoms in total. The van der Waals surface area contributed by atoms with E-state index >= 15 is 0 Å². The summed E-state index contributed by atoms with van der Waals surface area (Å²) in [7, 11) is 0. The number of nitrogens with one attached hydrogen (secondary N) is 1. The summed E-state index contributed by atoms with van der Waals surface area (Å²) in [6, 6.07) is -0.147. The first-order chi connectivity index (χ1) is 7.28. The monoisotopic (exact) mass is 306 g/mol. The van der Waals surface area contributed by atoms with Gasteiger partial charge in [-0.25, -0.2) is 9.78 Å². The Balaban J connectivity index is 2.52. The molecule has 0 saturated carbocycles. The first kappa shape index (κ1) is 13.4. The van der Waals surface area contributed by atoms with E-state index in [-0.39, 0.29) is 6.04 Å². The Morgan fingerprint density at radius 2 is 2.25 bits per heavy atom. The first-order valence-corrected chi connectivity index (χ1v) is 6.55. The normalized spacial score (nSPS) is 13.3. The number of halogens is 1. The lowest BCUT2D eigenvalue weighted by Gasteiger charge is -2.21. The van der Waals surface area contributed by atoms with E-state index in [1.54, 1.807) is 0 Å². The van der Waals surface area contributed by atoms with Gasteiger partial charge in [0.1, 0.15) is 15.2 Å². The molecule has 1 atom stereocenters. The fraction of sp³-hybridized carbons (Fsp3) is 0.600. The maximum absolute atomic E-state index is 11.5. The maximum Gasteiger partial charge on any atom is 0.408 e. The van der Waals surface area contributed by atoms with Crippen molar-refractivity contribution < 1.29 is 9.53 Å². The predicted octanol–water partition coefficient (Wildman–Crippen LogP) is 3.49. The van der Waals surface area contributed by atoms with Gasteiger partial charge in [-0.2, -0.15) is 0 Å². The van der Waals surface area contributed by atoms with E-state index in [2.05, 4.69) is 26.2 Å². The second-order valence-electron chi connectivity index (χ2n) is 4.38. The van der Waals surface area contributed by atoms with Gasteiger partial charge in [-0.15, -0.1) is 11.3 Å². The van der Waals surface area contributed by atoms with E-state index in [1.807, 2.05) is 33.1 Å². The van der Waals surface area contributed by atoms with Crippen LogP contribution in [-0.4, -0.2) is 16.7 Å². The highest BCUT2D eigenvalue weighted by molar-refractivity contribution is 9.10. The average Bonchev–Trinajstić information content (AvgIpc) is 2.47. The van der Waals surface area contributed by atoms with Crippen LogP contribution in [0.3, 0.4) is 0 Å². The third kappa shape index (κ3) is 4.49. The van der Waals surface area contributed by atoms with Crippen molar-refractivity contribution in [2.45, 2.75) is 39.3 Å². The molecule has 1 heterocycles. The molecule has 0 spiro atoms. The second-order valence-corrected chi connectivity index (χ2v) is 6.08. The van der Waals surface area contributed by atoms with Gasteiger partial charge < -0.3 is 10.1 Å². The number of hydrogen-bond acceptors (Lipinski definition) is 4. The summed E-state index contributed by atoms with van der Waals surface area (Å²) in [4.78, 5) is 15.7. The van der Waals surface area contributed by atoms with E-state index in [4.69, 9.17) is 4.74 Å². The summed E-state index contributed by atoms with van der Waals surface area (Å²) in [5.41, 5.74) is -0.479. The van der Waals surface area contributed by atoms with Crippen molar-refractivity contribution in [1.29, 1.82) is 0 Å². The van der Waals surface area contributed by atoms with Gasteiger partial charge >= 0.3 is 6.09 Å². The fourth-order valence-electron chi connectivity index (χ4n) is 1.01. The minimum absolute atomic E-state index is 0.147. The number of ether oxygens (including phenoxy) is 1. The lowest BCUT2D eigenvalue weighted by Crippen LogP contribution is -2.33. The van der Waals surface area contributed by atoms with E-state index in [0.29, 0.717) is 0 Å². The summed E-state index contributed by atoms with van der Waals surface area (Å²) in [5.74, 6) is 0. The molecule has 0 saturated heterocycles. The zero-order valence-electron chi connectivity index (χ0n) is 9.70. The highest BCUT2D eigenvalue weighted by Gasteiger charge is 2.19. The van der Waals surface area contributed by atoms with Crippen molar-refractivity contribution in [3.63, 3.8) is 0 Å². The highest BCUT2D eigenvalue weighted by atomic mass is 79.9.